The quantitative estimate of drug-likeness (QED) is 0.612. The standard InChI is InChI=1S/C12H14N4O3S/c1-18-9-4-3-7(5-10(9)19-2)8(17)6-20-12-14-11(13)15-16-12/h3-5H,6H2,1-2H3,(H3,13,14,15,16). The van der Waals surface area contributed by atoms with E-state index in [-0.39, 0.29) is 17.5 Å². The summed E-state index contributed by atoms with van der Waals surface area (Å²) in [5.74, 6) is 1.49. The first-order valence-electron chi connectivity index (χ1n) is 5.70. The summed E-state index contributed by atoms with van der Waals surface area (Å²) < 4.78 is 10.3. The summed E-state index contributed by atoms with van der Waals surface area (Å²) in [5.41, 5.74) is 5.95. The number of thioether (sulfide) groups is 1. The number of nitrogens with two attached hydrogens (primary N) is 1. The molecule has 0 saturated heterocycles. The van der Waals surface area contributed by atoms with Crippen molar-refractivity contribution >= 4 is 23.5 Å². The average Bonchev–Trinajstić information content (AvgIpc) is 2.89. The normalized spacial score (nSPS) is 10.3. The van der Waals surface area contributed by atoms with Gasteiger partial charge < -0.3 is 15.2 Å². The molecule has 2 aromatic rings. The lowest BCUT2D eigenvalue weighted by Gasteiger charge is -2.08. The van der Waals surface area contributed by atoms with Gasteiger partial charge in [-0.15, -0.1) is 5.10 Å². The van der Waals surface area contributed by atoms with Crippen LogP contribution in [0.3, 0.4) is 0 Å². The number of anilines is 1. The summed E-state index contributed by atoms with van der Waals surface area (Å²) in [6.45, 7) is 0. The van der Waals surface area contributed by atoms with E-state index in [1.807, 2.05) is 0 Å². The maximum atomic E-state index is 12.1. The van der Waals surface area contributed by atoms with Gasteiger partial charge in [-0.2, -0.15) is 4.98 Å². The van der Waals surface area contributed by atoms with Gasteiger partial charge in [-0.05, 0) is 18.2 Å². The van der Waals surface area contributed by atoms with Gasteiger partial charge in [0.15, 0.2) is 17.3 Å². The number of hydrogen-bond acceptors (Lipinski definition) is 7. The second-order valence-corrected chi connectivity index (χ2v) is 4.73. The van der Waals surface area contributed by atoms with Crippen molar-refractivity contribution in [3.63, 3.8) is 0 Å². The molecule has 7 nitrogen and oxygen atoms in total. The number of nitrogens with one attached hydrogen (secondary N) is 1. The van der Waals surface area contributed by atoms with Gasteiger partial charge in [0.2, 0.25) is 11.1 Å². The molecule has 0 unspecified atom stereocenters. The van der Waals surface area contributed by atoms with E-state index in [2.05, 4.69) is 15.2 Å². The minimum absolute atomic E-state index is 0.0562. The summed E-state index contributed by atoms with van der Waals surface area (Å²) in [6, 6.07) is 5.03. The van der Waals surface area contributed by atoms with Crippen LogP contribution in [0.4, 0.5) is 5.95 Å². The minimum atomic E-state index is -0.0562. The smallest absolute Gasteiger partial charge is 0.216 e. The average molecular weight is 294 g/mol. The number of hydrogen-bond donors (Lipinski definition) is 2. The highest BCUT2D eigenvalue weighted by atomic mass is 32.2. The maximum absolute atomic E-state index is 12.1. The third-order valence-corrected chi connectivity index (χ3v) is 3.37. The molecule has 2 rings (SSSR count). The molecule has 3 N–H and O–H groups in total. The molecule has 0 bridgehead atoms. The summed E-state index contributed by atoms with van der Waals surface area (Å²) >= 11 is 1.21. The zero-order valence-electron chi connectivity index (χ0n) is 11.0. The Morgan fingerprint density at radius 1 is 1.35 bits per heavy atom. The molecule has 1 heterocycles. The number of nitrogen functional groups attached to an aromatic ring is 1. The largest absolute Gasteiger partial charge is 0.493 e. The third kappa shape index (κ3) is 3.21. The number of H-pyrrole nitrogens is 1. The van der Waals surface area contributed by atoms with E-state index in [1.165, 1.54) is 18.9 Å². The zero-order valence-corrected chi connectivity index (χ0v) is 11.9. The molecule has 1 aromatic carbocycles. The van der Waals surface area contributed by atoms with E-state index in [1.54, 1.807) is 25.3 Å². The van der Waals surface area contributed by atoms with Crippen LogP contribution >= 0.6 is 11.8 Å². The molecule has 0 aliphatic heterocycles. The summed E-state index contributed by atoms with van der Waals surface area (Å²) in [6.07, 6.45) is 0. The molecule has 0 saturated carbocycles. The van der Waals surface area contributed by atoms with Gasteiger partial charge in [0.1, 0.15) is 0 Å². The van der Waals surface area contributed by atoms with E-state index >= 15 is 0 Å². The van der Waals surface area contributed by atoms with Crippen LogP contribution in [0, 0.1) is 0 Å². The number of methoxy groups -OCH3 is 2. The van der Waals surface area contributed by atoms with Gasteiger partial charge in [0.25, 0.3) is 0 Å². The molecule has 0 atom stereocenters. The first-order chi connectivity index (χ1) is 9.63. The molecule has 1 aromatic heterocycles. The Morgan fingerprint density at radius 2 is 2.10 bits per heavy atom. The predicted octanol–water partition coefficient (Wildman–Crippen LogP) is 1.38. The van der Waals surface area contributed by atoms with Crippen molar-refractivity contribution in [1.82, 2.24) is 15.2 Å². The molecule has 106 valence electrons. The molecule has 0 aliphatic carbocycles. The number of benzene rings is 1. The monoisotopic (exact) mass is 294 g/mol. The predicted molar refractivity (Wildman–Crippen MR) is 75.4 cm³/mol. The molecule has 0 radical (unpaired) electrons. The van der Waals surface area contributed by atoms with Crippen LogP contribution in [0.15, 0.2) is 23.4 Å². The minimum Gasteiger partial charge on any atom is -0.493 e. The van der Waals surface area contributed by atoms with Gasteiger partial charge in [0, 0.05) is 5.56 Å². The Balaban J connectivity index is 2.05. The second kappa shape index (κ2) is 6.29. The first-order valence-corrected chi connectivity index (χ1v) is 6.68. The van der Waals surface area contributed by atoms with Gasteiger partial charge in [-0.3, -0.25) is 4.79 Å². The van der Waals surface area contributed by atoms with E-state index in [4.69, 9.17) is 15.2 Å². The van der Waals surface area contributed by atoms with Crippen molar-refractivity contribution in [2.45, 2.75) is 5.16 Å². The van der Waals surface area contributed by atoms with Crippen molar-refractivity contribution in [3.05, 3.63) is 23.8 Å². The Hall–Kier alpha value is -2.22. The van der Waals surface area contributed by atoms with Gasteiger partial charge >= 0.3 is 0 Å². The number of rotatable bonds is 6. The Kier molecular flexibility index (Phi) is 4.46. The van der Waals surface area contributed by atoms with E-state index in [0.717, 1.165) is 0 Å². The molecule has 0 spiro atoms. The van der Waals surface area contributed by atoms with Crippen molar-refractivity contribution in [2.24, 2.45) is 0 Å². The molecular weight excluding hydrogens is 280 g/mol. The van der Waals surface area contributed by atoms with Gasteiger partial charge in [-0.1, -0.05) is 11.8 Å². The lowest BCUT2D eigenvalue weighted by Crippen LogP contribution is -2.03. The van der Waals surface area contributed by atoms with Crippen molar-refractivity contribution in [1.29, 1.82) is 0 Å². The van der Waals surface area contributed by atoms with Crippen LogP contribution in [-0.2, 0) is 0 Å². The SMILES string of the molecule is COc1ccc(C(=O)CSc2n[nH]c(N)n2)cc1OC. The third-order valence-electron chi connectivity index (χ3n) is 2.52. The summed E-state index contributed by atoms with van der Waals surface area (Å²) in [5, 5.41) is 6.80. The van der Waals surface area contributed by atoms with E-state index in [0.29, 0.717) is 22.2 Å². The fourth-order valence-corrected chi connectivity index (χ4v) is 2.25. The number of Topliss-reactive ketones (excluding diaryl/α,β-unsaturated/α-hetero) is 1. The van der Waals surface area contributed by atoms with Crippen molar-refractivity contribution in [2.75, 3.05) is 25.7 Å². The van der Waals surface area contributed by atoms with E-state index in [9.17, 15) is 4.79 Å². The number of carbonyl (C=O) groups is 1. The highest BCUT2D eigenvalue weighted by molar-refractivity contribution is 7.99. The molecular formula is C12H14N4O3S. The molecule has 0 aliphatic rings. The van der Waals surface area contributed by atoms with Crippen LogP contribution in [0.2, 0.25) is 0 Å². The number of aromatic amines is 1. The van der Waals surface area contributed by atoms with Crippen LogP contribution in [-0.4, -0.2) is 40.9 Å². The summed E-state index contributed by atoms with van der Waals surface area (Å²) in [7, 11) is 3.07. The highest BCUT2D eigenvalue weighted by Crippen LogP contribution is 2.28. The maximum Gasteiger partial charge on any atom is 0.216 e. The van der Waals surface area contributed by atoms with Crippen molar-refractivity contribution < 1.29 is 14.3 Å². The lowest BCUT2D eigenvalue weighted by atomic mass is 10.1. The first kappa shape index (κ1) is 14.2. The topological polar surface area (TPSA) is 103 Å². The summed E-state index contributed by atoms with van der Waals surface area (Å²) in [4.78, 5) is 16.0. The molecule has 8 heteroatoms. The van der Waals surface area contributed by atoms with Crippen LogP contribution < -0.4 is 15.2 Å². The number of carbonyl (C=O) groups excluding carboxylic acids is 1. The number of ketones is 1. The lowest BCUT2D eigenvalue weighted by molar-refractivity contribution is 0.102. The zero-order chi connectivity index (χ0) is 14.5. The second-order valence-electron chi connectivity index (χ2n) is 3.78. The molecule has 0 amide bonds. The number of ether oxygens (including phenoxy) is 2. The van der Waals surface area contributed by atoms with Gasteiger partial charge in [-0.25, -0.2) is 5.10 Å². The Morgan fingerprint density at radius 3 is 2.70 bits per heavy atom. The van der Waals surface area contributed by atoms with Crippen LogP contribution in [0.1, 0.15) is 10.4 Å². The van der Waals surface area contributed by atoms with Crippen LogP contribution in [0.5, 0.6) is 11.5 Å². The fourth-order valence-electron chi connectivity index (χ4n) is 1.55. The number of nitrogens with zero attached hydrogens (tertiary/aromatic N) is 2. The fraction of sp³-hybridized carbons (Fsp3) is 0.250. The number of aromatic nitrogens is 3. The molecule has 20 heavy (non-hydrogen) atoms. The Bertz CT molecular complexity index is 614. The van der Waals surface area contributed by atoms with Crippen molar-refractivity contribution in [3.8, 4) is 11.5 Å². The highest BCUT2D eigenvalue weighted by Gasteiger charge is 2.12. The molecule has 0 fully saturated rings. The van der Waals surface area contributed by atoms with Gasteiger partial charge in [0.05, 0.1) is 20.0 Å². The Labute approximate surface area is 119 Å². The van der Waals surface area contributed by atoms with E-state index < -0.39 is 0 Å². The van der Waals surface area contributed by atoms with Crippen LogP contribution in [0.25, 0.3) is 0 Å².